The van der Waals surface area contributed by atoms with E-state index in [1.807, 2.05) is 20.0 Å². The summed E-state index contributed by atoms with van der Waals surface area (Å²) >= 11 is 6.19. The van der Waals surface area contributed by atoms with Crippen molar-refractivity contribution in [3.05, 3.63) is 40.7 Å². The van der Waals surface area contributed by atoms with Crippen molar-refractivity contribution in [3.8, 4) is 0 Å². The Balaban J connectivity index is 2.32. The first-order chi connectivity index (χ1) is 8.99. The first kappa shape index (κ1) is 13.9. The van der Waals surface area contributed by atoms with Crippen molar-refractivity contribution in [2.75, 3.05) is 11.9 Å². The predicted molar refractivity (Wildman–Crippen MR) is 76.7 cm³/mol. The van der Waals surface area contributed by atoms with E-state index < -0.39 is 0 Å². The predicted octanol–water partition coefficient (Wildman–Crippen LogP) is 3.79. The summed E-state index contributed by atoms with van der Waals surface area (Å²) in [6.45, 7) is 6.78. The highest BCUT2D eigenvalue weighted by Gasteiger charge is 2.15. The van der Waals surface area contributed by atoms with Crippen LogP contribution in [-0.4, -0.2) is 17.0 Å². The summed E-state index contributed by atoms with van der Waals surface area (Å²) in [7, 11) is 1.99. The Hall–Kier alpha value is -1.55. The minimum absolute atomic E-state index is 0.249. The van der Waals surface area contributed by atoms with Crippen LogP contribution in [0.1, 0.15) is 36.7 Å². The maximum absolute atomic E-state index is 6.19. The van der Waals surface area contributed by atoms with Gasteiger partial charge in [0.05, 0.1) is 12.5 Å². The number of furan rings is 1. The lowest BCUT2D eigenvalue weighted by Gasteiger charge is -2.21. The van der Waals surface area contributed by atoms with Crippen LogP contribution in [0.4, 0.5) is 5.82 Å². The molecule has 0 radical (unpaired) electrons. The number of hydrogen-bond acceptors (Lipinski definition) is 4. The second kappa shape index (κ2) is 5.61. The molecule has 19 heavy (non-hydrogen) atoms. The molecule has 0 bridgehead atoms. The number of aromatic nitrogens is 2. The monoisotopic (exact) mass is 279 g/mol. The zero-order valence-electron chi connectivity index (χ0n) is 11.6. The Labute approximate surface area is 118 Å². The molecule has 0 aliphatic rings. The van der Waals surface area contributed by atoms with Crippen molar-refractivity contribution in [1.82, 2.24) is 9.97 Å². The first-order valence-electron chi connectivity index (χ1n) is 6.25. The van der Waals surface area contributed by atoms with Crippen LogP contribution in [0.2, 0.25) is 5.15 Å². The molecule has 0 saturated heterocycles. The lowest BCUT2D eigenvalue weighted by molar-refractivity contribution is 0.563. The molecule has 2 rings (SSSR count). The molecule has 0 N–H and O–H groups in total. The summed E-state index contributed by atoms with van der Waals surface area (Å²) < 4.78 is 5.08. The van der Waals surface area contributed by atoms with E-state index in [1.54, 1.807) is 12.5 Å². The van der Waals surface area contributed by atoms with Gasteiger partial charge < -0.3 is 9.32 Å². The molecular formula is C14H18ClN3O. The van der Waals surface area contributed by atoms with Crippen LogP contribution in [0.3, 0.4) is 0 Å². The largest absolute Gasteiger partial charge is 0.472 e. The third kappa shape index (κ3) is 3.07. The molecule has 2 heterocycles. The van der Waals surface area contributed by atoms with Gasteiger partial charge in [-0.15, -0.1) is 0 Å². The number of nitrogens with zero attached hydrogens (tertiary/aromatic N) is 3. The first-order valence-corrected chi connectivity index (χ1v) is 6.63. The molecule has 5 heteroatoms. The summed E-state index contributed by atoms with van der Waals surface area (Å²) in [4.78, 5) is 11.0. The summed E-state index contributed by atoms with van der Waals surface area (Å²) in [6.07, 6.45) is 3.40. The number of rotatable bonds is 4. The van der Waals surface area contributed by atoms with Crippen LogP contribution in [0.5, 0.6) is 0 Å². The number of halogens is 1. The molecule has 4 nitrogen and oxygen atoms in total. The second-order valence-electron chi connectivity index (χ2n) is 4.96. The van der Waals surface area contributed by atoms with Crippen molar-refractivity contribution >= 4 is 17.4 Å². The molecule has 0 spiro atoms. The van der Waals surface area contributed by atoms with E-state index in [2.05, 4.69) is 28.7 Å². The Morgan fingerprint density at radius 2 is 2.11 bits per heavy atom. The van der Waals surface area contributed by atoms with Crippen LogP contribution < -0.4 is 4.90 Å². The van der Waals surface area contributed by atoms with Gasteiger partial charge in [-0.25, -0.2) is 9.97 Å². The van der Waals surface area contributed by atoms with Gasteiger partial charge in [0, 0.05) is 30.6 Å². The quantitative estimate of drug-likeness (QED) is 0.799. The van der Waals surface area contributed by atoms with E-state index in [9.17, 15) is 0 Å². The van der Waals surface area contributed by atoms with Gasteiger partial charge in [-0.1, -0.05) is 25.4 Å². The van der Waals surface area contributed by atoms with Crippen LogP contribution in [0.15, 0.2) is 23.0 Å². The van der Waals surface area contributed by atoms with Gasteiger partial charge in [-0.2, -0.15) is 0 Å². The van der Waals surface area contributed by atoms with Gasteiger partial charge in [0.2, 0.25) is 0 Å². The van der Waals surface area contributed by atoms with E-state index in [1.165, 1.54) is 0 Å². The third-order valence-electron chi connectivity index (χ3n) is 2.96. The minimum Gasteiger partial charge on any atom is -0.472 e. The Bertz CT molecular complexity index is 552. The van der Waals surface area contributed by atoms with Crippen LogP contribution in [0, 0.1) is 6.92 Å². The average Bonchev–Trinajstić information content (AvgIpc) is 2.84. The van der Waals surface area contributed by atoms with Crippen molar-refractivity contribution in [3.63, 3.8) is 0 Å². The van der Waals surface area contributed by atoms with E-state index in [0.717, 1.165) is 29.3 Å². The maximum atomic E-state index is 6.19. The topological polar surface area (TPSA) is 42.2 Å². The Kier molecular flexibility index (Phi) is 4.10. The van der Waals surface area contributed by atoms with Gasteiger partial charge in [0.15, 0.2) is 0 Å². The van der Waals surface area contributed by atoms with Crippen molar-refractivity contribution in [1.29, 1.82) is 0 Å². The summed E-state index contributed by atoms with van der Waals surface area (Å²) in [5.41, 5.74) is 2.00. The zero-order chi connectivity index (χ0) is 14.0. The van der Waals surface area contributed by atoms with E-state index in [0.29, 0.717) is 5.15 Å². The van der Waals surface area contributed by atoms with Crippen LogP contribution in [0.25, 0.3) is 0 Å². The van der Waals surface area contributed by atoms with Crippen LogP contribution >= 0.6 is 11.6 Å². The molecular weight excluding hydrogens is 262 g/mol. The van der Waals surface area contributed by atoms with E-state index >= 15 is 0 Å². The van der Waals surface area contributed by atoms with Gasteiger partial charge in [-0.3, -0.25) is 0 Å². The molecule has 0 aliphatic carbocycles. The minimum atomic E-state index is 0.249. The van der Waals surface area contributed by atoms with Gasteiger partial charge in [0.25, 0.3) is 0 Å². The fourth-order valence-electron chi connectivity index (χ4n) is 1.86. The molecule has 0 amide bonds. The second-order valence-corrected chi connectivity index (χ2v) is 5.32. The normalized spacial score (nSPS) is 11.1. The highest BCUT2D eigenvalue weighted by atomic mass is 35.5. The standard InChI is InChI=1S/C14H18ClN3O/c1-9(2)13-16-12(15)10(3)14(17-13)18(4)7-11-5-6-19-8-11/h5-6,8-9H,7H2,1-4H3. The molecule has 0 fully saturated rings. The zero-order valence-corrected chi connectivity index (χ0v) is 12.4. The Morgan fingerprint density at radius 3 is 2.68 bits per heavy atom. The van der Waals surface area contributed by atoms with Gasteiger partial charge in [0.1, 0.15) is 16.8 Å². The maximum Gasteiger partial charge on any atom is 0.137 e. The van der Waals surface area contributed by atoms with Crippen molar-refractivity contribution in [2.45, 2.75) is 33.2 Å². The smallest absolute Gasteiger partial charge is 0.137 e. The molecule has 0 atom stereocenters. The van der Waals surface area contributed by atoms with Gasteiger partial charge in [-0.05, 0) is 13.0 Å². The molecule has 2 aromatic rings. The fourth-order valence-corrected chi connectivity index (χ4v) is 2.03. The third-order valence-corrected chi connectivity index (χ3v) is 3.32. The van der Waals surface area contributed by atoms with E-state index in [4.69, 9.17) is 16.0 Å². The molecule has 2 aromatic heterocycles. The van der Waals surface area contributed by atoms with Crippen molar-refractivity contribution in [2.24, 2.45) is 0 Å². The lowest BCUT2D eigenvalue weighted by atomic mass is 10.2. The molecule has 102 valence electrons. The molecule has 0 unspecified atom stereocenters. The van der Waals surface area contributed by atoms with E-state index in [-0.39, 0.29) is 5.92 Å². The average molecular weight is 280 g/mol. The molecule has 0 aliphatic heterocycles. The summed E-state index contributed by atoms with van der Waals surface area (Å²) in [5.74, 6) is 1.88. The number of hydrogen-bond donors (Lipinski definition) is 0. The molecule has 0 aromatic carbocycles. The van der Waals surface area contributed by atoms with Crippen LogP contribution in [-0.2, 0) is 6.54 Å². The fraction of sp³-hybridized carbons (Fsp3) is 0.429. The number of anilines is 1. The Morgan fingerprint density at radius 1 is 1.37 bits per heavy atom. The lowest BCUT2D eigenvalue weighted by Crippen LogP contribution is -2.20. The molecule has 0 saturated carbocycles. The summed E-state index contributed by atoms with van der Waals surface area (Å²) in [6, 6.07) is 1.94. The SMILES string of the molecule is Cc1c(Cl)nc(C(C)C)nc1N(C)Cc1ccoc1. The van der Waals surface area contributed by atoms with Crippen molar-refractivity contribution < 1.29 is 4.42 Å². The highest BCUT2D eigenvalue weighted by molar-refractivity contribution is 6.30. The van der Waals surface area contributed by atoms with Gasteiger partial charge >= 0.3 is 0 Å². The highest BCUT2D eigenvalue weighted by Crippen LogP contribution is 2.26. The summed E-state index contributed by atoms with van der Waals surface area (Å²) in [5, 5.41) is 0.521.